The number of nitrogens with one attached hydrogen (secondary N) is 1. The van der Waals surface area contributed by atoms with Gasteiger partial charge in [0.2, 0.25) is 0 Å². The number of carbonyl (C=O) groups excluding carboxylic acids is 1. The smallest absolute Gasteiger partial charge is 0.266 e. The molecular weight excluding hydrogens is 442 g/mol. The lowest BCUT2D eigenvalue weighted by Gasteiger charge is -2.07. The molecule has 4 aromatic rings. The van der Waals surface area contributed by atoms with Crippen molar-refractivity contribution < 1.29 is 9.53 Å². The Hall–Kier alpha value is -3.09. The Kier molecular flexibility index (Phi) is 6.63. The van der Waals surface area contributed by atoms with Gasteiger partial charge in [-0.3, -0.25) is 9.48 Å². The van der Waals surface area contributed by atoms with Crippen LogP contribution in [0.2, 0.25) is 5.02 Å². The normalized spacial score (nSPS) is 10.9. The number of aryl methyl sites for hydroxylation is 3. The summed E-state index contributed by atoms with van der Waals surface area (Å²) in [5.74, 6) is 0.927. The van der Waals surface area contributed by atoms with Crippen LogP contribution in [0, 0.1) is 20.8 Å². The molecule has 32 heavy (non-hydrogen) atoms. The van der Waals surface area contributed by atoms with Gasteiger partial charge in [0, 0.05) is 11.8 Å². The quantitative estimate of drug-likeness (QED) is 0.343. The van der Waals surface area contributed by atoms with Gasteiger partial charge in [-0.05, 0) is 61.0 Å². The van der Waals surface area contributed by atoms with Crippen LogP contribution >= 0.6 is 22.9 Å². The first-order chi connectivity index (χ1) is 15.4. The zero-order chi connectivity index (χ0) is 22.7. The average molecular weight is 466 g/mol. The van der Waals surface area contributed by atoms with E-state index in [1.54, 1.807) is 10.9 Å². The molecule has 0 unspecified atom stereocenters. The van der Waals surface area contributed by atoms with Crippen molar-refractivity contribution in [2.75, 3.05) is 5.32 Å². The van der Waals surface area contributed by atoms with E-state index in [4.69, 9.17) is 16.3 Å². The minimum atomic E-state index is -0.241. The fourth-order valence-corrected chi connectivity index (χ4v) is 4.14. The number of thiophene rings is 1. The maximum absolute atomic E-state index is 12.7. The van der Waals surface area contributed by atoms with E-state index in [-0.39, 0.29) is 5.91 Å². The van der Waals surface area contributed by atoms with Gasteiger partial charge in [-0.1, -0.05) is 47.5 Å². The molecule has 5 nitrogen and oxygen atoms in total. The van der Waals surface area contributed by atoms with Gasteiger partial charge in [0.1, 0.15) is 17.4 Å². The third-order valence-electron chi connectivity index (χ3n) is 5.18. The highest BCUT2D eigenvalue weighted by Gasteiger charge is 2.15. The monoisotopic (exact) mass is 465 g/mol. The van der Waals surface area contributed by atoms with Crippen LogP contribution in [-0.4, -0.2) is 15.7 Å². The zero-order valence-electron chi connectivity index (χ0n) is 18.2. The summed E-state index contributed by atoms with van der Waals surface area (Å²) in [7, 11) is 0. The topological polar surface area (TPSA) is 56.2 Å². The van der Waals surface area contributed by atoms with E-state index in [1.807, 2.05) is 36.6 Å². The molecule has 2 aromatic carbocycles. The van der Waals surface area contributed by atoms with E-state index in [2.05, 4.69) is 48.5 Å². The SMILES string of the molecule is Cc1ccc(Cn2cc(Cl)c(NC(=O)c3cc(COc4ccc(C)c(C)c4)cs3)n2)cc1. The van der Waals surface area contributed by atoms with E-state index in [0.717, 1.165) is 16.9 Å². The van der Waals surface area contributed by atoms with Crippen molar-refractivity contribution in [3.05, 3.63) is 97.8 Å². The highest BCUT2D eigenvalue weighted by Crippen LogP contribution is 2.24. The van der Waals surface area contributed by atoms with Crippen LogP contribution in [-0.2, 0) is 13.2 Å². The molecule has 0 fully saturated rings. The van der Waals surface area contributed by atoms with E-state index < -0.39 is 0 Å². The van der Waals surface area contributed by atoms with Gasteiger partial charge < -0.3 is 10.1 Å². The number of halogens is 1. The van der Waals surface area contributed by atoms with Crippen LogP contribution in [0.25, 0.3) is 0 Å². The number of hydrogen-bond donors (Lipinski definition) is 1. The highest BCUT2D eigenvalue weighted by atomic mass is 35.5. The average Bonchev–Trinajstić information content (AvgIpc) is 3.37. The van der Waals surface area contributed by atoms with Crippen LogP contribution in [0.4, 0.5) is 5.82 Å². The van der Waals surface area contributed by atoms with Gasteiger partial charge in [0.15, 0.2) is 5.82 Å². The van der Waals surface area contributed by atoms with Gasteiger partial charge in [-0.15, -0.1) is 11.3 Å². The molecule has 0 saturated heterocycles. The zero-order valence-corrected chi connectivity index (χ0v) is 19.8. The number of hydrogen-bond acceptors (Lipinski definition) is 4. The highest BCUT2D eigenvalue weighted by molar-refractivity contribution is 7.12. The van der Waals surface area contributed by atoms with Crippen molar-refractivity contribution in [3.63, 3.8) is 0 Å². The lowest BCUT2D eigenvalue weighted by atomic mass is 10.1. The Morgan fingerprint density at radius 1 is 1.06 bits per heavy atom. The molecule has 1 amide bonds. The summed E-state index contributed by atoms with van der Waals surface area (Å²) in [4.78, 5) is 13.3. The molecule has 2 heterocycles. The molecule has 0 radical (unpaired) electrons. The van der Waals surface area contributed by atoms with Crippen molar-refractivity contribution >= 4 is 34.7 Å². The molecular formula is C25H24ClN3O2S. The first kappa shape index (κ1) is 22.1. The number of anilines is 1. The number of nitrogens with zero attached hydrogens (tertiary/aromatic N) is 2. The fourth-order valence-electron chi connectivity index (χ4n) is 3.15. The molecule has 0 aliphatic carbocycles. The van der Waals surface area contributed by atoms with Crippen molar-refractivity contribution in [1.82, 2.24) is 9.78 Å². The second kappa shape index (κ2) is 9.59. The van der Waals surface area contributed by atoms with Gasteiger partial charge in [-0.2, -0.15) is 5.10 Å². The lowest BCUT2D eigenvalue weighted by Crippen LogP contribution is -2.11. The van der Waals surface area contributed by atoms with Gasteiger partial charge in [0.05, 0.1) is 11.4 Å². The molecule has 1 N–H and O–H groups in total. The number of carbonyl (C=O) groups is 1. The summed E-state index contributed by atoms with van der Waals surface area (Å²) >= 11 is 7.66. The van der Waals surface area contributed by atoms with Gasteiger partial charge in [-0.25, -0.2) is 0 Å². The van der Waals surface area contributed by atoms with Crippen LogP contribution in [0.1, 0.15) is 37.5 Å². The lowest BCUT2D eigenvalue weighted by molar-refractivity contribution is 0.103. The molecule has 2 aromatic heterocycles. The molecule has 0 bridgehead atoms. The molecule has 0 saturated carbocycles. The molecule has 0 aliphatic rings. The summed E-state index contributed by atoms with van der Waals surface area (Å²) in [6.45, 7) is 7.16. The molecule has 0 atom stereocenters. The minimum absolute atomic E-state index is 0.241. The number of rotatable bonds is 7. The predicted octanol–water partition coefficient (Wildman–Crippen LogP) is 6.40. The molecule has 164 valence electrons. The Morgan fingerprint density at radius 2 is 1.84 bits per heavy atom. The summed E-state index contributed by atoms with van der Waals surface area (Å²) in [5.41, 5.74) is 5.67. The standard InChI is InChI=1S/C25H24ClN3O2S/c1-16-4-7-19(8-5-16)12-29-13-22(26)24(28-29)27-25(30)23-11-20(15-32-23)14-31-21-9-6-17(2)18(3)10-21/h4-11,13,15H,12,14H2,1-3H3,(H,27,28,30). The maximum atomic E-state index is 12.7. The predicted molar refractivity (Wildman–Crippen MR) is 130 cm³/mol. The third kappa shape index (κ3) is 5.39. The summed E-state index contributed by atoms with van der Waals surface area (Å²) < 4.78 is 7.59. The Labute approximate surface area is 196 Å². The minimum Gasteiger partial charge on any atom is -0.489 e. The van der Waals surface area contributed by atoms with Crippen molar-refractivity contribution in [2.24, 2.45) is 0 Å². The van der Waals surface area contributed by atoms with E-state index in [9.17, 15) is 4.79 Å². The number of aromatic nitrogens is 2. The van der Waals surface area contributed by atoms with E-state index in [1.165, 1.54) is 28.0 Å². The van der Waals surface area contributed by atoms with Crippen LogP contribution in [0.3, 0.4) is 0 Å². The fraction of sp³-hybridized carbons (Fsp3) is 0.200. The van der Waals surface area contributed by atoms with Gasteiger partial charge in [0.25, 0.3) is 5.91 Å². The van der Waals surface area contributed by atoms with E-state index >= 15 is 0 Å². The molecule has 0 spiro atoms. The summed E-state index contributed by atoms with van der Waals surface area (Å²) in [5, 5.41) is 9.56. The number of ether oxygens (including phenoxy) is 1. The maximum Gasteiger partial charge on any atom is 0.266 e. The third-order valence-corrected chi connectivity index (χ3v) is 6.43. The van der Waals surface area contributed by atoms with Crippen LogP contribution in [0.5, 0.6) is 5.75 Å². The first-order valence-corrected chi connectivity index (χ1v) is 11.5. The van der Waals surface area contributed by atoms with Crippen LogP contribution in [0.15, 0.2) is 60.1 Å². The Bertz CT molecular complexity index is 1240. The van der Waals surface area contributed by atoms with E-state index in [0.29, 0.717) is 28.9 Å². The first-order valence-electron chi connectivity index (χ1n) is 10.2. The summed E-state index contributed by atoms with van der Waals surface area (Å²) in [6.07, 6.45) is 1.72. The number of amides is 1. The van der Waals surface area contributed by atoms with Crippen molar-refractivity contribution in [1.29, 1.82) is 0 Å². The molecule has 0 aliphatic heterocycles. The largest absolute Gasteiger partial charge is 0.489 e. The van der Waals surface area contributed by atoms with Gasteiger partial charge >= 0.3 is 0 Å². The van der Waals surface area contributed by atoms with Crippen molar-refractivity contribution in [3.8, 4) is 5.75 Å². The second-order valence-electron chi connectivity index (χ2n) is 7.82. The van der Waals surface area contributed by atoms with Crippen LogP contribution < -0.4 is 10.1 Å². The second-order valence-corrected chi connectivity index (χ2v) is 9.14. The summed E-state index contributed by atoms with van der Waals surface area (Å²) in [6, 6.07) is 16.1. The van der Waals surface area contributed by atoms with Crippen molar-refractivity contribution in [2.45, 2.75) is 33.9 Å². The molecule has 7 heteroatoms. The Balaban J connectivity index is 1.37. The molecule has 4 rings (SSSR count). The Morgan fingerprint density at radius 3 is 2.59 bits per heavy atom. The number of benzene rings is 2.